The third kappa shape index (κ3) is 4.06. The van der Waals surface area contributed by atoms with Crippen LogP contribution in [0, 0.1) is 5.41 Å². The highest BCUT2D eigenvalue weighted by molar-refractivity contribution is 5.77. The number of ether oxygens (including phenoxy) is 2. The third-order valence-corrected chi connectivity index (χ3v) is 8.28. The molecule has 3 N–H and O–H groups in total. The monoisotopic (exact) mass is 429 g/mol. The van der Waals surface area contributed by atoms with Crippen LogP contribution in [0.3, 0.4) is 0 Å². The van der Waals surface area contributed by atoms with Gasteiger partial charge in [0, 0.05) is 18.4 Å². The van der Waals surface area contributed by atoms with Crippen LogP contribution < -0.4 is 5.32 Å². The Morgan fingerprint density at radius 3 is 2.35 bits per heavy atom. The fourth-order valence-corrected chi connectivity index (χ4v) is 5.89. The fraction of sp³-hybridized carbons (Fsp3) is 0.692. The number of aliphatic hydroxyl groups is 2. The average molecular weight is 430 g/mol. The minimum atomic E-state index is -0.850. The molecule has 0 spiro atoms. The van der Waals surface area contributed by atoms with Crippen molar-refractivity contribution in [3.8, 4) is 0 Å². The van der Waals surface area contributed by atoms with Gasteiger partial charge in [0.2, 0.25) is 0 Å². The molecule has 1 aromatic rings. The summed E-state index contributed by atoms with van der Waals surface area (Å²) in [7, 11) is 1.70. The molecule has 3 aliphatic rings. The molecule has 1 aromatic carbocycles. The number of fused-ring (bicyclic) bond motifs is 2. The van der Waals surface area contributed by atoms with Crippen molar-refractivity contribution in [2.24, 2.45) is 5.41 Å². The molecule has 2 heterocycles. The summed E-state index contributed by atoms with van der Waals surface area (Å²) in [6.45, 7) is 9.01. The van der Waals surface area contributed by atoms with Gasteiger partial charge >= 0.3 is 0 Å². The van der Waals surface area contributed by atoms with E-state index in [9.17, 15) is 10.2 Å². The number of allylic oxidation sites excluding steroid dienone is 2. The SMILES string of the molecule is CCC1(C)CC=C(c2cc(C3C[C@@]4(C)O[C@@](C)(C3)[C@H](O)[C@@H]4O)ccc2NCOC)CC1. The van der Waals surface area contributed by atoms with Crippen LogP contribution in [0.1, 0.15) is 83.3 Å². The first-order chi connectivity index (χ1) is 14.6. The predicted octanol–water partition coefficient (Wildman–Crippen LogP) is 4.83. The van der Waals surface area contributed by atoms with Crippen molar-refractivity contribution in [3.63, 3.8) is 0 Å². The Hall–Kier alpha value is -1.40. The van der Waals surface area contributed by atoms with Gasteiger partial charge in [-0.05, 0) is 80.6 Å². The van der Waals surface area contributed by atoms with Crippen LogP contribution in [0.15, 0.2) is 24.3 Å². The van der Waals surface area contributed by atoms with Gasteiger partial charge < -0.3 is 25.0 Å². The van der Waals surface area contributed by atoms with Crippen molar-refractivity contribution in [1.82, 2.24) is 0 Å². The first kappa shape index (κ1) is 22.8. The van der Waals surface area contributed by atoms with E-state index in [0.29, 0.717) is 25.0 Å². The maximum absolute atomic E-state index is 10.6. The molecule has 5 nitrogen and oxygen atoms in total. The number of methoxy groups -OCH3 is 1. The lowest BCUT2D eigenvalue weighted by Gasteiger charge is -2.41. The van der Waals surface area contributed by atoms with Gasteiger partial charge in [0.15, 0.2) is 0 Å². The zero-order valence-corrected chi connectivity index (χ0v) is 19.7. The Morgan fingerprint density at radius 2 is 1.81 bits per heavy atom. The van der Waals surface area contributed by atoms with Gasteiger partial charge in [0.05, 0.1) is 11.2 Å². The molecule has 6 atom stereocenters. The van der Waals surface area contributed by atoms with E-state index < -0.39 is 23.4 Å². The van der Waals surface area contributed by atoms with Crippen LogP contribution in [-0.2, 0) is 9.47 Å². The fourth-order valence-electron chi connectivity index (χ4n) is 5.89. The number of nitrogens with one attached hydrogen (secondary N) is 1. The lowest BCUT2D eigenvalue weighted by Crippen LogP contribution is -2.43. The number of aliphatic hydroxyl groups excluding tert-OH is 2. The molecular formula is C26H39NO4. The number of anilines is 1. The molecule has 2 fully saturated rings. The van der Waals surface area contributed by atoms with Crippen LogP contribution in [0.2, 0.25) is 0 Å². The molecule has 4 rings (SSSR count). The minimum absolute atomic E-state index is 0.232. The smallest absolute Gasteiger partial charge is 0.116 e. The topological polar surface area (TPSA) is 71.0 Å². The second-order valence-electron chi connectivity index (χ2n) is 10.7. The van der Waals surface area contributed by atoms with Gasteiger partial charge in [0.1, 0.15) is 18.9 Å². The summed E-state index contributed by atoms with van der Waals surface area (Å²) in [5.41, 5.74) is 3.99. The summed E-state index contributed by atoms with van der Waals surface area (Å²) < 4.78 is 11.4. The van der Waals surface area contributed by atoms with Crippen LogP contribution in [0.4, 0.5) is 5.69 Å². The van der Waals surface area contributed by atoms with Crippen molar-refractivity contribution < 1.29 is 19.7 Å². The summed E-state index contributed by atoms with van der Waals surface area (Å²) in [6, 6.07) is 6.66. The summed E-state index contributed by atoms with van der Waals surface area (Å²) in [5, 5.41) is 24.7. The van der Waals surface area contributed by atoms with Crippen molar-refractivity contribution in [3.05, 3.63) is 35.4 Å². The summed E-state index contributed by atoms with van der Waals surface area (Å²) >= 11 is 0. The molecule has 2 aliphatic heterocycles. The molecule has 1 aliphatic carbocycles. The Kier molecular flexibility index (Phi) is 6.01. The largest absolute Gasteiger partial charge is 0.387 e. The summed E-state index contributed by atoms with van der Waals surface area (Å²) in [4.78, 5) is 0. The lowest BCUT2D eigenvalue weighted by molar-refractivity contribution is -0.153. The van der Waals surface area contributed by atoms with E-state index in [1.54, 1.807) is 7.11 Å². The van der Waals surface area contributed by atoms with Crippen LogP contribution in [0.25, 0.3) is 5.57 Å². The zero-order valence-electron chi connectivity index (χ0n) is 19.7. The second-order valence-corrected chi connectivity index (χ2v) is 10.7. The number of hydrogen-bond acceptors (Lipinski definition) is 5. The number of rotatable bonds is 6. The van der Waals surface area contributed by atoms with E-state index in [1.807, 2.05) is 13.8 Å². The zero-order chi connectivity index (χ0) is 22.4. The van der Waals surface area contributed by atoms with Gasteiger partial charge in [-0.25, -0.2) is 0 Å². The number of benzene rings is 1. The minimum Gasteiger partial charge on any atom is -0.387 e. The van der Waals surface area contributed by atoms with Crippen molar-refractivity contribution in [1.29, 1.82) is 0 Å². The second kappa shape index (κ2) is 8.18. The van der Waals surface area contributed by atoms with E-state index >= 15 is 0 Å². The van der Waals surface area contributed by atoms with Crippen molar-refractivity contribution >= 4 is 11.3 Å². The molecule has 172 valence electrons. The highest BCUT2D eigenvalue weighted by Gasteiger charge is 2.61. The molecule has 2 unspecified atom stereocenters. The van der Waals surface area contributed by atoms with Gasteiger partial charge in [-0.1, -0.05) is 32.4 Å². The third-order valence-electron chi connectivity index (χ3n) is 8.28. The maximum atomic E-state index is 10.6. The first-order valence-corrected chi connectivity index (χ1v) is 11.8. The lowest BCUT2D eigenvalue weighted by atomic mass is 9.73. The predicted molar refractivity (Wildman–Crippen MR) is 124 cm³/mol. The van der Waals surface area contributed by atoms with E-state index in [0.717, 1.165) is 18.5 Å². The Balaban J connectivity index is 1.67. The van der Waals surface area contributed by atoms with Gasteiger partial charge in [-0.2, -0.15) is 0 Å². The highest BCUT2D eigenvalue weighted by Crippen LogP contribution is 2.53. The summed E-state index contributed by atoms with van der Waals surface area (Å²) in [6.07, 6.45) is 6.73. The van der Waals surface area contributed by atoms with Gasteiger partial charge in [0.25, 0.3) is 0 Å². The molecule has 0 radical (unpaired) electrons. The molecule has 5 heteroatoms. The average Bonchev–Trinajstić information content (AvgIpc) is 2.88. The van der Waals surface area contributed by atoms with E-state index in [1.165, 1.54) is 29.5 Å². The molecule has 2 bridgehead atoms. The highest BCUT2D eigenvalue weighted by atomic mass is 16.6. The quantitative estimate of drug-likeness (QED) is 0.565. The Bertz CT molecular complexity index is 832. The number of hydrogen-bond donors (Lipinski definition) is 3. The molecular weight excluding hydrogens is 390 g/mol. The van der Waals surface area contributed by atoms with Crippen molar-refractivity contribution in [2.75, 3.05) is 19.2 Å². The Morgan fingerprint density at radius 1 is 1.13 bits per heavy atom. The Labute approximate surface area is 186 Å². The standard InChI is InChI=1S/C26H39NO4/c1-6-24(2)11-9-17(10-12-24)20-13-18(7-8-21(20)27-16-30-5)19-14-25(3)22(28)23(29)26(4,15-19)31-25/h7-9,13,19,22-23,27-29H,6,10-12,14-16H2,1-5H3/t19?,22-,23+,24?,25+,26-. The normalized spacial score (nSPS) is 40.0. The maximum Gasteiger partial charge on any atom is 0.116 e. The van der Waals surface area contributed by atoms with Crippen LogP contribution in [0.5, 0.6) is 0 Å². The summed E-state index contributed by atoms with van der Waals surface area (Å²) in [5.74, 6) is 0.232. The molecule has 0 saturated carbocycles. The van der Waals surface area contributed by atoms with E-state index in [-0.39, 0.29) is 5.92 Å². The molecule has 2 saturated heterocycles. The van der Waals surface area contributed by atoms with E-state index in [4.69, 9.17) is 9.47 Å². The van der Waals surface area contributed by atoms with Gasteiger partial charge in [-0.3, -0.25) is 0 Å². The van der Waals surface area contributed by atoms with Crippen LogP contribution in [-0.4, -0.2) is 47.5 Å². The van der Waals surface area contributed by atoms with Gasteiger partial charge in [-0.15, -0.1) is 0 Å². The van der Waals surface area contributed by atoms with Crippen LogP contribution >= 0.6 is 0 Å². The van der Waals surface area contributed by atoms with E-state index in [2.05, 4.69) is 43.4 Å². The molecule has 0 aromatic heterocycles. The molecule has 31 heavy (non-hydrogen) atoms. The first-order valence-electron chi connectivity index (χ1n) is 11.8. The molecule has 0 amide bonds. The van der Waals surface area contributed by atoms with Crippen molar-refractivity contribution in [2.45, 2.75) is 95.5 Å².